The quantitative estimate of drug-likeness (QED) is 0.572. The second-order valence-electron chi connectivity index (χ2n) is 5.78. The van der Waals surface area contributed by atoms with Gasteiger partial charge in [0, 0.05) is 21.1 Å². The van der Waals surface area contributed by atoms with Crippen molar-refractivity contribution in [2.75, 3.05) is 18.5 Å². The Bertz CT molecular complexity index is 978. The topological polar surface area (TPSA) is 77.8 Å². The Labute approximate surface area is 164 Å². The Morgan fingerprint density at radius 1 is 1.15 bits per heavy atom. The van der Waals surface area contributed by atoms with E-state index < -0.39 is 18.5 Å². The highest BCUT2D eigenvalue weighted by Crippen LogP contribution is 2.29. The lowest BCUT2D eigenvalue weighted by Crippen LogP contribution is -2.21. The molecule has 2 aromatic carbocycles. The van der Waals surface area contributed by atoms with Crippen molar-refractivity contribution >= 4 is 44.5 Å². The Morgan fingerprint density at radius 3 is 2.59 bits per heavy atom. The fourth-order valence-electron chi connectivity index (χ4n) is 2.58. The van der Waals surface area contributed by atoms with Crippen LogP contribution in [0.2, 0.25) is 0 Å². The minimum atomic E-state index is -0.687. The lowest BCUT2D eigenvalue weighted by molar-refractivity contribution is -0.119. The molecule has 0 aliphatic carbocycles. The minimum Gasteiger partial charge on any atom is -0.494 e. The first-order chi connectivity index (χ1) is 13.0. The number of rotatable bonds is 6. The molecule has 0 bridgehead atoms. The summed E-state index contributed by atoms with van der Waals surface area (Å²) in [5.41, 5.74) is 1.81. The normalized spacial score (nSPS) is 10.6. The minimum absolute atomic E-state index is 0.0788. The van der Waals surface area contributed by atoms with Gasteiger partial charge in [-0.15, -0.1) is 0 Å². The van der Waals surface area contributed by atoms with Gasteiger partial charge in [-0.3, -0.25) is 4.79 Å². The van der Waals surface area contributed by atoms with Crippen LogP contribution in [-0.4, -0.2) is 25.1 Å². The smallest absolute Gasteiger partial charge is 0.375 e. The van der Waals surface area contributed by atoms with Gasteiger partial charge >= 0.3 is 5.97 Å². The van der Waals surface area contributed by atoms with Crippen molar-refractivity contribution in [3.63, 3.8) is 0 Å². The largest absolute Gasteiger partial charge is 0.494 e. The highest BCUT2D eigenvalue weighted by atomic mass is 79.9. The number of ether oxygens (including phenoxy) is 2. The number of furan rings is 1. The van der Waals surface area contributed by atoms with Gasteiger partial charge in [-0.25, -0.2) is 4.79 Å². The predicted octanol–water partition coefficient (Wildman–Crippen LogP) is 4.70. The van der Waals surface area contributed by atoms with Crippen LogP contribution in [0.15, 0.2) is 51.4 Å². The van der Waals surface area contributed by atoms with E-state index in [4.69, 9.17) is 13.9 Å². The lowest BCUT2D eigenvalue weighted by Gasteiger charge is -2.06. The number of benzene rings is 2. The Morgan fingerprint density at radius 2 is 1.89 bits per heavy atom. The van der Waals surface area contributed by atoms with E-state index in [1.54, 1.807) is 43.3 Å². The Hall–Kier alpha value is -2.80. The van der Waals surface area contributed by atoms with Crippen LogP contribution in [-0.2, 0) is 9.53 Å². The molecule has 0 fully saturated rings. The number of halogens is 1. The van der Waals surface area contributed by atoms with E-state index in [0.29, 0.717) is 29.2 Å². The summed E-state index contributed by atoms with van der Waals surface area (Å²) in [7, 11) is 0. The molecule has 0 spiro atoms. The molecule has 1 amide bonds. The van der Waals surface area contributed by atoms with E-state index in [2.05, 4.69) is 21.2 Å². The van der Waals surface area contributed by atoms with Gasteiger partial charge in [-0.05, 0) is 56.3 Å². The SMILES string of the molecule is CCOc1ccc2oc(C(=O)OCC(=O)Nc3ccc(Br)cc3)c(C)c2c1. The van der Waals surface area contributed by atoms with Gasteiger partial charge in [0.1, 0.15) is 11.3 Å². The third-order valence-corrected chi connectivity index (χ3v) is 4.40. The van der Waals surface area contributed by atoms with Crippen molar-refractivity contribution < 1.29 is 23.5 Å². The molecule has 140 valence electrons. The Kier molecular flexibility index (Phi) is 5.81. The third-order valence-electron chi connectivity index (χ3n) is 3.87. The summed E-state index contributed by atoms with van der Waals surface area (Å²) >= 11 is 3.32. The van der Waals surface area contributed by atoms with Crippen LogP contribution in [0.3, 0.4) is 0 Å². The highest BCUT2D eigenvalue weighted by Gasteiger charge is 2.20. The van der Waals surface area contributed by atoms with Crippen molar-refractivity contribution in [1.82, 2.24) is 0 Å². The summed E-state index contributed by atoms with van der Waals surface area (Å²) in [6.07, 6.45) is 0. The number of esters is 1. The molecule has 0 unspecified atom stereocenters. The number of hydrogen-bond acceptors (Lipinski definition) is 5. The van der Waals surface area contributed by atoms with Gasteiger partial charge in [0.05, 0.1) is 6.61 Å². The van der Waals surface area contributed by atoms with Crippen molar-refractivity contribution in [3.8, 4) is 5.75 Å². The zero-order valence-corrected chi connectivity index (χ0v) is 16.5. The second-order valence-corrected chi connectivity index (χ2v) is 6.69. The van der Waals surface area contributed by atoms with Crippen molar-refractivity contribution in [2.24, 2.45) is 0 Å². The molecule has 1 heterocycles. The Balaban J connectivity index is 1.66. The summed E-state index contributed by atoms with van der Waals surface area (Å²) in [5.74, 6) is -0.344. The molecule has 3 aromatic rings. The van der Waals surface area contributed by atoms with Crippen molar-refractivity contribution in [2.45, 2.75) is 13.8 Å². The van der Waals surface area contributed by atoms with Gasteiger partial charge in [0.15, 0.2) is 6.61 Å². The fourth-order valence-corrected chi connectivity index (χ4v) is 2.84. The first-order valence-electron chi connectivity index (χ1n) is 8.36. The van der Waals surface area contributed by atoms with E-state index >= 15 is 0 Å². The lowest BCUT2D eigenvalue weighted by atomic mass is 10.1. The summed E-state index contributed by atoms with van der Waals surface area (Å²) in [4.78, 5) is 24.3. The van der Waals surface area contributed by atoms with Gasteiger partial charge in [0.2, 0.25) is 5.76 Å². The van der Waals surface area contributed by atoms with E-state index in [0.717, 1.165) is 9.86 Å². The van der Waals surface area contributed by atoms with Gasteiger partial charge in [-0.1, -0.05) is 15.9 Å². The van der Waals surface area contributed by atoms with Crippen LogP contribution in [0.4, 0.5) is 5.69 Å². The van der Waals surface area contributed by atoms with Crippen LogP contribution < -0.4 is 10.1 Å². The molecule has 7 heteroatoms. The predicted molar refractivity (Wildman–Crippen MR) is 105 cm³/mol. The maximum absolute atomic E-state index is 12.3. The highest BCUT2D eigenvalue weighted by molar-refractivity contribution is 9.10. The number of aryl methyl sites for hydroxylation is 1. The van der Waals surface area contributed by atoms with Crippen LogP contribution in [0.5, 0.6) is 5.75 Å². The van der Waals surface area contributed by atoms with Crippen LogP contribution in [0.1, 0.15) is 23.0 Å². The third kappa shape index (κ3) is 4.49. The number of hydrogen-bond donors (Lipinski definition) is 1. The molecular formula is C20H18BrNO5. The summed E-state index contributed by atoms with van der Waals surface area (Å²) in [5, 5.41) is 3.43. The number of amides is 1. The molecule has 0 radical (unpaired) electrons. The van der Waals surface area contributed by atoms with E-state index in [1.165, 1.54) is 0 Å². The number of nitrogens with one attached hydrogen (secondary N) is 1. The summed E-state index contributed by atoms with van der Waals surface area (Å²) in [6.45, 7) is 3.80. The van der Waals surface area contributed by atoms with Crippen LogP contribution in [0.25, 0.3) is 11.0 Å². The molecule has 0 aliphatic heterocycles. The molecule has 0 aliphatic rings. The number of carbonyl (C=O) groups excluding carboxylic acids is 2. The fraction of sp³-hybridized carbons (Fsp3) is 0.200. The second kappa shape index (κ2) is 8.26. The number of anilines is 1. The van der Waals surface area contributed by atoms with E-state index in [-0.39, 0.29) is 5.76 Å². The monoisotopic (exact) mass is 431 g/mol. The standard InChI is InChI=1S/C20H18BrNO5/c1-3-25-15-8-9-17-16(10-15)12(2)19(27-17)20(24)26-11-18(23)22-14-6-4-13(21)5-7-14/h4-10H,3,11H2,1-2H3,(H,22,23). The number of carbonyl (C=O) groups is 2. The summed E-state index contributed by atoms with van der Waals surface area (Å²) in [6, 6.07) is 12.4. The van der Waals surface area contributed by atoms with Crippen molar-refractivity contribution in [1.29, 1.82) is 0 Å². The van der Waals surface area contributed by atoms with E-state index in [9.17, 15) is 9.59 Å². The summed E-state index contributed by atoms with van der Waals surface area (Å²) < 4.78 is 17.0. The maximum Gasteiger partial charge on any atom is 0.375 e. The zero-order chi connectivity index (χ0) is 19.4. The molecular weight excluding hydrogens is 414 g/mol. The van der Waals surface area contributed by atoms with Gasteiger partial charge in [-0.2, -0.15) is 0 Å². The molecule has 27 heavy (non-hydrogen) atoms. The average Bonchev–Trinajstić information content (AvgIpc) is 2.98. The number of fused-ring (bicyclic) bond motifs is 1. The molecule has 1 N–H and O–H groups in total. The first-order valence-corrected chi connectivity index (χ1v) is 9.15. The van der Waals surface area contributed by atoms with Crippen LogP contribution >= 0.6 is 15.9 Å². The molecule has 1 aromatic heterocycles. The molecule has 3 rings (SSSR count). The first kappa shape index (κ1) is 19.0. The van der Waals surface area contributed by atoms with Crippen molar-refractivity contribution in [3.05, 3.63) is 58.3 Å². The molecule has 0 saturated heterocycles. The molecule has 0 atom stereocenters. The molecule has 0 saturated carbocycles. The van der Waals surface area contributed by atoms with Crippen LogP contribution in [0, 0.1) is 6.92 Å². The van der Waals surface area contributed by atoms with Gasteiger partial charge < -0.3 is 19.2 Å². The maximum atomic E-state index is 12.3. The zero-order valence-electron chi connectivity index (χ0n) is 14.9. The average molecular weight is 432 g/mol. The van der Waals surface area contributed by atoms with E-state index in [1.807, 2.05) is 13.0 Å². The van der Waals surface area contributed by atoms with Gasteiger partial charge in [0.25, 0.3) is 5.91 Å². The molecule has 6 nitrogen and oxygen atoms in total.